The maximum Gasteiger partial charge on any atom is 0.408 e. The first-order valence-corrected chi connectivity index (χ1v) is 12.2. The number of pyridine rings is 1. The topological polar surface area (TPSA) is 141 Å². The molecule has 10 heteroatoms. The van der Waals surface area contributed by atoms with Gasteiger partial charge >= 0.3 is 12.1 Å². The van der Waals surface area contributed by atoms with Gasteiger partial charge in [-0.1, -0.05) is 36.4 Å². The molecule has 1 aromatic carbocycles. The SMILES string of the molecule is COC(=O)[C@H](CCCCN)N(C(=O)c1ccccn1)C(=O)[C@H](Cc1ccccc1)NC(=O)OC(C)(C)C. The highest BCUT2D eigenvalue weighted by molar-refractivity contribution is 6.08. The number of benzene rings is 1. The van der Waals surface area contributed by atoms with Crippen molar-refractivity contribution in [1.82, 2.24) is 15.2 Å². The van der Waals surface area contributed by atoms with E-state index >= 15 is 0 Å². The zero-order valence-corrected chi connectivity index (χ0v) is 21.8. The Morgan fingerprint density at radius 2 is 1.70 bits per heavy atom. The van der Waals surface area contributed by atoms with Crippen LogP contribution >= 0.6 is 0 Å². The van der Waals surface area contributed by atoms with Crippen LogP contribution in [0.2, 0.25) is 0 Å². The van der Waals surface area contributed by atoms with Gasteiger partial charge < -0.3 is 20.5 Å². The average Bonchev–Trinajstić information content (AvgIpc) is 2.87. The maximum absolute atomic E-state index is 14.0. The predicted octanol–water partition coefficient (Wildman–Crippen LogP) is 2.86. The second kappa shape index (κ2) is 14.1. The molecule has 0 radical (unpaired) electrons. The van der Waals surface area contributed by atoms with Crippen molar-refractivity contribution in [3.63, 3.8) is 0 Å². The summed E-state index contributed by atoms with van der Waals surface area (Å²) >= 11 is 0. The third-order valence-corrected chi connectivity index (χ3v) is 5.33. The normalized spacial score (nSPS) is 12.7. The summed E-state index contributed by atoms with van der Waals surface area (Å²) in [6.07, 6.45) is 1.83. The van der Waals surface area contributed by atoms with E-state index in [4.69, 9.17) is 15.2 Å². The van der Waals surface area contributed by atoms with Gasteiger partial charge in [0.05, 0.1) is 7.11 Å². The van der Waals surface area contributed by atoms with Crippen LogP contribution < -0.4 is 11.1 Å². The first-order chi connectivity index (χ1) is 17.6. The third kappa shape index (κ3) is 9.30. The molecule has 0 saturated heterocycles. The number of hydrogen-bond acceptors (Lipinski definition) is 8. The quantitative estimate of drug-likeness (QED) is 0.346. The van der Waals surface area contributed by atoms with E-state index in [0.29, 0.717) is 19.4 Å². The van der Waals surface area contributed by atoms with Gasteiger partial charge in [0.25, 0.3) is 11.8 Å². The number of nitrogens with zero attached hydrogens (tertiary/aromatic N) is 2. The second-order valence-corrected chi connectivity index (χ2v) is 9.44. The van der Waals surface area contributed by atoms with Gasteiger partial charge in [-0.3, -0.25) is 19.5 Å². The fourth-order valence-electron chi connectivity index (χ4n) is 3.65. The van der Waals surface area contributed by atoms with E-state index in [-0.39, 0.29) is 18.5 Å². The van der Waals surface area contributed by atoms with Crippen molar-refractivity contribution in [3.8, 4) is 0 Å². The summed E-state index contributed by atoms with van der Waals surface area (Å²) in [5, 5.41) is 2.59. The Hall–Kier alpha value is -3.79. The first kappa shape index (κ1) is 29.4. The fourth-order valence-corrected chi connectivity index (χ4v) is 3.65. The minimum atomic E-state index is -1.24. The zero-order valence-electron chi connectivity index (χ0n) is 21.8. The van der Waals surface area contributed by atoms with E-state index in [2.05, 4.69) is 10.3 Å². The zero-order chi connectivity index (χ0) is 27.4. The molecule has 0 aliphatic heterocycles. The van der Waals surface area contributed by atoms with Crippen molar-refractivity contribution in [2.75, 3.05) is 13.7 Å². The molecule has 0 spiro atoms. The Balaban J connectivity index is 2.52. The molecule has 37 heavy (non-hydrogen) atoms. The van der Waals surface area contributed by atoms with Crippen LogP contribution in [0.1, 0.15) is 56.1 Å². The number of esters is 1. The van der Waals surface area contributed by atoms with Crippen LogP contribution in [-0.4, -0.2) is 65.1 Å². The largest absolute Gasteiger partial charge is 0.467 e. The summed E-state index contributed by atoms with van der Waals surface area (Å²) < 4.78 is 10.3. The van der Waals surface area contributed by atoms with E-state index < -0.39 is 41.6 Å². The van der Waals surface area contributed by atoms with Gasteiger partial charge in [-0.05, 0) is 64.3 Å². The number of unbranched alkanes of at least 4 members (excludes halogenated alkanes) is 1. The number of alkyl carbamates (subject to hydrolysis) is 1. The number of nitrogens with two attached hydrogens (primary N) is 1. The summed E-state index contributed by atoms with van der Waals surface area (Å²) in [5.74, 6) is -2.32. The molecule has 0 saturated carbocycles. The van der Waals surface area contributed by atoms with Crippen molar-refractivity contribution in [1.29, 1.82) is 0 Å². The summed E-state index contributed by atoms with van der Waals surface area (Å²) in [6.45, 7) is 5.47. The smallest absolute Gasteiger partial charge is 0.408 e. The van der Waals surface area contributed by atoms with Crippen molar-refractivity contribution in [2.45, 2.75) is 64.1 Å². The highest BCUT2D eigenvalue weighted by atomic mass is 16.6. The van der Waals surface area contributed by atoms with Gasteiger partial charge in [0, 0.05) is 12.6 Å². The number of rotatable bonds is 11. The molecule has 2 rings (SSSR count). The number of nitrogens with one attached hydrogen (secondary N) is 1. The number of carbonyl (C=O) groups is 4. The number of imide groups is 1. The van der Waals surface area contributed by atoms with Crippen LogP contribution in [0.15, 0.2) is 54.7 Å². The summed E-state index contributed by atoms with van der Waals surface area (Å²) in [7, 11) is 1.19. The van der Waals surface area contributed by atoms with Crippen molar-refractivity contribution < 1.29 is 28.7 Å². The van der Waals surface area contributed by atoms with Crippen LogP contribution in [0.5, 0.6) is 0 Å². The van der Waals surface area contributed by atoms with E-state index in [1.54, 1.807) is 57.2 Å². The lowest BCUT2D eigenvalue weighted by Gasteiger charge is -2.32. The van der Waals surface area contributed by atoms with Crippen LogP contribution in [0.25, 0.3) is 0 Å². The van der Waals surface area contributed by atoms with Gasteiger partial charge in [0.2, 0.25) is 0 Å². The molecule has 0 bridgehead atoms. The summed E-state index contributed by atoms with van der Waals surface area (Å²) in [5.41, 5.74) is 5.51. The highest BCUT2D eigenvalue weighted by Crippen LogP contribution is 2.18. The van der Waals surface area contributed by atoms with Crippen LogP contribution in [0.4, 0.5) is 4.79 Å². The van der Waals surface area contributed by atoms with E-state index in [1.807, 2.05) is 6.07 Å². The standard InChI is InChI=1S/C27H36N4O6/c1-27(2,3)37-26(35)30-21(18-19-12-6-5-7-13-19)24(33)31(23(32)20-14-9-11-17-29-20)22(25(34)36-4)15-8-10-16-28/h5-7,9,11-14,17,21-22H,8,10,15-16,18,28H2,1-4H3,(H,30,35)/t21-,22-/m0/s1. The Kier molecular flexibility index (Phi) is 11.2. The molecule has 10 nitrogen and oxygen atoms in total. The van der Waals surface area contributed by atoms with Crippen molar-refractivity contribution in [3.05, 3.63) is 66.0 Å². The predicted molar refractivity (Wildman–Crippen MR) is 137 cm³/mol. The monoisotopic (exact) mass is 512 g/mol. The molecule has 2 atom stereocenters. The molecule has 0 unspecified atom stereocenters. The number of ether oxygens (including phenoxy) is 2. The van der Waals surface area contributed by atoms with Crippen LogP contribution in [0.3, 0.4) is 0 Å². The Bertz CT molecular complexity index is 1040. The number of amides is 3. The molecule has 1 heterocycles. The molecule has 3 amide bonds. The summed E-state index contributed by atoms with van der Waals surface area (Å²) in [6, 6.07) is 11.2. The molecule has 0 fully saturated rings. The Morgan fingerprint density at radius 1 is 1.03 bits per heavy atom. The van der Waals surface area contributed by atoms with Crippen molar-refractivity contribution >= 4 is 23.9 Å². The van der Waals surface area contributed by atoms with E-state index in [0.717, 1.165) is 10.5 Å². The third-order valence-electron chi connectivity index (χ3n) is 5.33. The second-order valence-electron chi connectivity index (χ2n) is 9.44. The van der Waals surface area contributed by atoms with Crippen molar-refractivity contribution in [2.24, 2.45) is 5.73 Å². The number of aromatic nitrogens is 1. The van der Waals surface area contributed by atoms with E-state index in [9.17, 15) is 19.2 Å². The minimum absolute atomic E-state index is 0.0284. The molecule has 3 N–H and O–H groups in total. The minimum Gasteiger partial charge on any atom is -0.467 e. The maximum atomic E-state index is 14.0. The molecule has 1 aromatic heterocycles. The first-order valence-electron chi connectivity index (χ1n) is 12.2. The molecule has 2 aromatic rings. The van der Waals surface area contributed by atoms with Gasteiger partial charge in [0.1, 0.15) is 23.4 Å². The number of carbonyl (C=O) groups excluding carboxylic acids is 4. The van der Waals surface area contributed by atoms with Crippen LogP contribution in [-0.2, 0) is 25.5 Å². The molecular formula is C27H36N4O6. The van der Waals surface area contributed by atoms with E-state index in [1.165, 1.54) is 19.4 Å². The highest BCUT2D eigenvalue weighted by Gasteiger charge is 2.40. The molecular weight excluding hydrogens is 476 g/mol. The Morgan fingerprint density at radius 3 is 2.27 bits per heavy atom. The van der Waals surface area contributed by atoms with Gasteiger partial charge in [-0.15, -0.1) is 0 Å². The number of hydrogen-bond donors (Lipinski definition) is 2. The summed E-state index contributed by atoms with van der Waals surface area (Å²) in [4.78, 5) is 58.1. The molecule has 200 valence electrons. The molecule has 0 aliphatic carbocycles. The average molecular weight is 513 g/mol. The molecule has 0 aliphatic rings. The lowest BCUT2D eigenvalue weighted by atomic mass is 10.0. The van der Waals surface area contributed by atoms with Gasteiger partial charge in [0.15, 0.2) is 0 Å². The fraction of sp³-hybridized carbons (Fsp3) is 0.444. The van der Waals surface area contributed by atoms with Gasteiger partial charge in [-0.2, -0.15) is 0 Å². The van der Waals surface area contributed by atoms with Gasteiger partial charge in [-0.25, -0.2) is 9.59 Å². The lowest BCUT2D eigenvalue weighted by molar-refractivity contribution is -0.151. The Labute approximate surface area is 217 Å². The lowest BCUT2D eigenvalue weighted by Crippen LogP contribution is -2.57. The van der Waals surface area contributed by atoms with Crippen LogP contribution in [0, 0.1) is 0 Å². The number of methoxy groups -OCH3 is 1.